The van der Waals surface area contributed by atoms with Crippen molar-refractivity contribution in [2.45, 2.75) is 19.3 Å². The first-order valence-corrected chi connectivity index (χ1v) is 6.34. The van der Waals surface area contributed by atoms with Crippen LogP contribution in [0.25, 0.3) is 0 Å². The van der Waals surface area contributed by atoms with Crippen molar-refractivity contribution in [3.05, 3.63) is 35.9 Å². The fourth-order valence-electron chi connectivity index (χ4n) is 2.61. The molecule has 0 saturated heterocycles. The molecule has 3 nitrogen and oxygen atoms in total. The van der Waals surface area contributed by atoms with Gasteiger partial charge in [-0.1, -0.05) is 24.6 Å². The molecule has 1 aliphatic rings. The van der Waals surface area contributed by atoms with Crippen molar-refractivity contribution in [3.63, 3.8) is 0 Å². The molecule has 0 spiro atoms. The zero-order valence-corrected chi connectivity index (χ0v) is 10.1. The number of rotatable bonds is 4. The summed E-state index contributed by atoms with van der Waals surface area (Å²) in [4.78, 5) is 11.9. The number of nitrogens with one attached hydrogen (secondary N) is 1. The van der Waals surface area contributed by atoms with Crippen molar-refractivity contribution in [2.24, 2.45) is 17.6 Å². The van der Waals surface area contributed by atoms with Crippen molar-refractivity contribution in [1.82, 2.24) is 5.32 Å². The Morgan fingerprint density at radius 2 is 1.94 bits per heavy atom. The smallest absolute Gasteiger partial charge is 0.251 e. The summed E-state index contributed by atoms with van der Waals surface area (Å²) in [6, 6.07) is 9.35. The number of benzene rings is 1. The molecule has 3 N–H and O–H groups in total. The minimum atomic E-state index is 0.0215. The SMILES string of the molecule is NCC1CCCC1CNC(=O)c1ccccc1. The Balaban J connectivity index is 1.84. The van der Waals surface area contributed by atoms with E-state index in [-0.39, 0.29) is 5.91 Å². The van der Waals surface area contributed by atoms with E-state index in [4.69, 9.17) is 5.73 Å². The number of nitrogens with two attached hydrogens (primary N) is 1. The molecule has 1 amide bonds. The van der Waals surface area contributed by atoms with E-state index in [9.17, 15) is 4.79 Å². The van der Waals surface area contributed by atoms with Gasteiger partial charge in [-0.3, -0.25) is 4.79 Å². The molecular weight excluding hydrogens is 212 g/mol. The van der Waals surface area contributed by atoms with E-state index in [1.54, 1.807) is 0 Å². The van der Waals surface area contributed by atoms with E-state index in [1.807, 2.05) is 30.3 Å². The molecule has 1 aromatic rings. The second-order valence-electron chi connectivity index (χ2n) is 4.76. The average Bonchev–Trinajstić information content (AvgIpc) is 2.84. The maximum atomic E-state index is 11.9. The average molecular weight is 232 g/mol. The Morgan fingerprint density at radius 1 is 1.24 bits per heavy atom. The summed E-state index contributed by atoms with van der Waals surface area (Å²) in [5, 5.41) is 3.01. The Labute approximate surface area is 102 Å². The van der Waals surface area contributed by atoms with E-state index >= 15 is 0 Å². The largest absolute Gasteiger partial charge is 0.352 e. The maximum Gasteiger partial charge on any atom is 0.251 e. The summed E-state index contributed by atoms with van der Waals surface area (Å²) < 4.78 is 0. The molecule has 2 rings (SSSR count). The summed E-state index contributed by atoms with van der Waals surface area (Å²) >= 11 is 0. The monoisotopic (exact) mass is 232 g/mol. The lowest BCUT2D eigenvalue weighted by atomic mass is 9.96. The van der Waals surface area contributed by atoms with Crippen LogP contribution < -0.4 is 11.1 Å². The number of hydrogen-bond donors (Lipinski definition) is 2. The van der Waals surface area contributed by atoms with Gasteiger partial charge in [0.15, 0.2) is 0 Å². The van der Waals surface area contributed by atoms with Crippen LogP contribution in [-0.2, 0) is 0 Å². The summed E-state index contributed by atoms with van der Waals surface area (Å²) in [6.45, 7) is 1.50. The zero-order valence-electron chi connectivity index (χ0n) is 10.1. The summed E-state index contributed by atoms with van der Waals surface area (Å²) in [7, 11) is 0. The molecule has 3 heteroatoms. The predicted molar refractivity (Wildman–Crippen MR) is 68.7 cm³/mol. The Bertz CT molecular complexity index is 364. The first-order valence-electron chi connectivity index (χ1n) is 6.34. The highest BCUT2D eigenvalue weighted by atomic mass is 16.1. The lowest BCUT2D eigenvalue weighted by Gasteiger charge is -2.18. The molecule has 2 unspecified atom stereocenters. The third-order valence-electron chi connectivity index (χ3n) is 3.68. The quantitative estimate of drug-likeness (QED) is 0.831. The van der Waals surface area contributed by atoms with E-state index in [0.29, 0.717) is 11.8 Å². The van der Waals surface area contributed by atoms with Crippen LogP contribution in [0.4, 0.5) is 0 Å². The predicted octanol–water partition coefficient (Wildman–Crippen LogP) is 1.79. The molecule has 92 valence electrons. The van der Waals surface area contributed by atoms with Crippen LogP contribution in [0, 0.1) is 11.8 Å². The highest BCUT2D eigenvalue weighted by Gasteiger charge is 2.26. The summed E-state index contributed by atoms with van der Waals surface area (Å²) in [5.74, 6) is 1.17. The fraction of sp³-hybridized carbons (Fsp3) is 0.500. The van der Waals surface area contributed by atoms with Gasteiger partial charge in [0, 0.05) is 12.1 Å². The first-order chi connectivity index (χ1) is 8.31. The van der Waals surface area contributed by atoms with Gasteiger partial charge in [0.2, 0.25) is 0 Å². The lowest BCUT2D eigenvalue weighted by molar-refractivity contribution is 0.0944. The van der Waals surface area contributed by atoms with Crippen molar-refractivity contribution >= 4 is 5.91 Å². The van der Waals surface area contributed by atoms with Gasteiger partial charge in [0.05, 0.1) is 0 Å². The van der Waals surface area contributed by atoms with E-state index < -0.39 is 0 Å². The minimum absolute atomic E-state index is 0.0215. The Morgan fingerprint density at radius 3 is 2.65 bits per heavy atom. The lowest BCUT2D eigenvalue weighted by Crippen LogP contribution is -2.32. The fourth-order valence-corrected chi connectivity index (χ4v) is 2.61. The van der Waals surface area contributed by atoms with E-state index in [2.05, 4.69) is 5.32 Å². The molecule has 1 saturated carbocycles. The van der Waals surface area contributed by atoms with Crippen molar-refractivity contribution in [2.75, 3.05) is 13.1 Å². The second kappa shape index (κ2) is 5.82. The standard InChI is InChI=1S/C14H20N2O/c15-9-12-7-4-8-13(12)10-16-14(17)11-5-2-1-3-6-11/h1-3,5-6,12-13H,4,7-10,15H2,(H,16,17). The first kappa shape index (κ1) is 12.1. The molecule has 0 heterocycles. The van der Waals surface area contributed by atoms with Crippen LogP contribution in [0.5, 0.6) is 0 Å². The van der Waals surface area contributed by atoms with Crippen LogP contribution in [-0.4, -0.2) is 19.0 Å². The molecule has 2 atom stereocenters. The molecule has 1 aliphatic carbocycles. The summed E-state index contributed by atoms with van der Waals surface area (Å²) in [6.07, 6.45) is 3.65. The zero-order chi connectivity index (χ0) is 12.1. The Kier molecular flexibility index (Phi) is 4.15. The molecule has 1 aromatic carbocycles. The molecule has 0 aliphatic heterocycles. The van der Waals surface area contributed by atoms with Crippen LogP contribution in [0.1, 0.15) is 29.6 Å². The molecule has 0 radical (unpaired) electrons. The molecule has 0 aromatic heterocycles. The van der Waals surface area contributed by atoms with Gasteiger partial charge in [0.25, 0.3) is 5.91 Å². The normalized spacial score (nSPS) is 23.6. The molecule has 0 bridgehead atoms. The van der Waals surface area contributed by atoms with Crippen LogP contribution >= 0.6 is 0 Å². The number of carbonyl (C=O) groups excluding carboxylic acids is 1. The van der Waals surface area contributed by atoms with E-state index in [1.165, 1.54) is 19.3 Å². The van der Waals surface area contributed by atoms with Crippen molar-refractivity contribution in [3.8, 4) is 0 Å². The minimum Gasteiger partial charge on any atom is -0.352 e. The maximum absolute atomic E-state index is 11.9. The van der Waals surface area contributed by atoms with Gasteiger partial charge in [-0.05, 0) is 43.4 Å². The van der Waals surface area contributed by atoms with Crippen LogP contribution in [0.3, 0.4) is 0 Å². The Hall–Kier alpha value is -1.35. The van der Waals surface area contributed by atoms with Gasteiger partial charge < -0.3 is 11.1 Å². The number of amides is 1. The van der Waals surface area contributed by atoms with Gasteiger partial charge in [-0.25, -0.2) is 0 Å². The molecular formula is C14H20N2O. The highest BCUT2D eigenvalue weighted by Crippen LogP contribution is 2.30. The highest BCUT2D eigenvalue weighted by molar-refractivity contribution is 5.94. The molecule has 1 fully saturated rings. The van der Waals surface area contributed by atoms with Crippen molar-refractivity contribution < 1.29 is 4.79 Å². The van der Waals surface area contributed by atoms with Gasteiger partial charge in [-0.15, -0.1) is 0 Å². The number of hydrogen-bond acceptors (Lipinski definition) is 2. The van der Waals surface area contributed by atoms with Crippen LogP contribution in [0.15, 0.2) is 30.3 Å². The molecule has 17 heavy (non-hydrogen) atoms. The van der Waals surface area contributed by atoms with Crippen LogP contribution in [0.2, 0.25) is 0 Å². The van der Waals surface area contributed by atoms with Gasteiger partial charge in [-0.2, -0.15) is 0 Å². The summed E-state index contributed by atoms with van der Waals surface area (Å²) in [5.41, 5.74) is 6.46. The van der Waals surface area contributed by atoms with Gasteiger partial charge in [0.1, 0.15) is 0 Å². The third-order valence-corrected chi connectivity index (χ3v) is 3.68. The van der Waals surface area contributed by atoms with Crippen molar-refractivity contribution in [1.29, 1.82) is 0 Å². The van der Waals surface area contributed by atoms with Gasteiger partial charge >= 0.3 is 0 Å². The third kappa shape index (κ3) is 3.07. The topological polar surface area (TPSA) is 55.1 Å². The number of carbonyl (C=O) groups is 1. The second-order valence-corrected chi connectivity index (χ2v) is 4.76. The van der Waals surface area contributed by atoms with E-state index in [0.717, 1.165) is 18.7 Å².